The molecule has 1 aromatic carbocycles. The highest BCUT2D eigenvalue weighted by molar-refractivity contribution is 5.90. The van der Waals surface area contributed by atoms with Crippen molar-refractivity contribution in [1.82, 2.24) is 14.7 Å². The van der Waals surface area contributed by atoms with E-state index in [2.05, 4.69) is 46.5 Å². The molecule has 0 unspecified atom stereocenters. The molecule has 3 rings (SSSR count). The first-order valence-electron chi connectivity index (χ1n) is 8.94. The Kier molecular flexibility index (Phi) is 6.19. The summed E-state index contributed by atoms with van der Waals surface area (Å²) in [6.07, 6.45) is 2.98. The molecule has 1 aliphatic heterocycles. The Bertz CT molecular complexity index is 671. The van der Waals surface area contributed by atoms with Crippen molar-refractivity contribution in [3.05, 3.63) is 48.2 Å². The molecule has 0 radical (unpaired) electrons. The number of aromatic nitrogens is 2. The summed E-state index contributed by atoms with van der Waals surface area (Å²) in [6.45, 7) is 6.12. The van der Waals surface area contributed by atoms with E-state index in [-0.39, 0.29) is 12.0 Å². The van der Waals surface area contributed by atoms with Gasteiger partial charge in [0.1, 0.15) is 5.82 Å². The number of morpholine rings is 1. The lowest BCUT2D eigenvalue weighted by Crippen LogP contribution is -2.43. The molecule has 0 spiro atoms. The first kappa shape index (κ1) is 17.6. The van der Waals surface area contributed by atoms with E-state index < -0.39 is 0 Å². The van der Waals surface area contributed by atoms with Crippen LogP contribution in [-0.4, -0.2) is 46.4 Å². The van der Waals surface area contributed by atoms with E-state index in [1.807, 2.05) is 16.8 Å². The number of ether oxygens (including phenoxy) is 1. The highest BCUT2D eigenvalue weighted by Gasteiger charge is 2.23. The molecular formula is C19H26N4O2. The fourth-order valence-corrected chi connectivity index (χ4v) is 3.12. The van der Waals surface area contributed by atoms with E-state index >= 15 is 0 Å². The van der Waals surface area contributed by atoms with Crippen molar-refractivity contribution in [1.29, 1.82) is 0 Å². The minimum atomic E-state index is -0.0694. The van der Waals surface area contributed by atoms with Gasteiger partial charge >= 0.3 is 0 Å². The Labute approximate surface area is 148 Å². The minimum absolute atomic E-state index is 0.0237. The molecule has 1 amide bonds. The van der Waals surface area contributed by atoms with E-state index in [1.165, 1.54) is 5.56 Å². The quantitative estimate of drug-likeness (QED) is 0.840. The van der Waals surface area contributed by atoms with E-state index in [1.54, 1.807) is 6.20 Å². The summed E-state index contributed by atoms with van der Waals surface area (Å²) in [5.41, 5.74) is 1.29. The van der Waals surface area contributed by atoms with Gasteiger partial charge in [-0.05, 0) is 12.0 Å². The van der Waals surface area contributed by atoms with Gasteiger partial charge in [0.2, 0.25) is 5.91 Å². The van der Waals surface area contributed by atoms with Gasteiger partial charge in [-0.3, -0.25) is 9.69 Å². The van der Waals surface area contributed by atoms with Crippen molar-refractivity contribution in [2.75, 3.05) is 25.0 Å². The number of rotatable bonds is 7. The Hall–Kier alpha value is -2.18. The molecule has 1 saturated heterocycles. The molecule has 1 atom stereocenters. The van der Waals surface area contributed by atoms with Gasteiger partial charge in [0.25, 0.3) is 0 Å². The number of carbonyl (C=O) groups excluding carboxylic acids is 1. The van der Waals surface area contributed by atoms with Crippen molar-refractivity contribution in [3.63, 3.8) is 0 Å². The number of aryl methyl sites for hydroxylation is 1. The fraction of sp³-hybridized carbons (Fsp3) is 0.474. The summed E-state index contributed by atoms with van der Waals surface area (Å²) in [5.74, 6) is 0.730. The predicted molar refractivity (Wildman–Crippen MR) is 97.2 cm³/mol. The molecule has 0 aliphatic carbocycles. The summed E-state index contributed by atoms with van der Waals surface area (Å²) in [7, 11) is 0. The van der Waals surface area contributed by atoms with Gasteiger partial charge < -0.3 is 10.1 Å². The molecule has 1 N–H and O–H groups in total. The first-order chi connectivity index (χ1) is 12.2. The van der Waals surface area contributed by atoms with Gasteiger partial charge in [-0.25, -0.2) is 4.68 Å². The van der Waals surface area contributed by atoms with Crippen LogP contribution >= 0.6 is 0 Å². The Morgan fingerprint density at radius 1 is 1.32 bits per heavy atom. The molecule has 1 aliphatic rings. The normalized spacial score (nSPS) is 18.2. The van der Waals surface area contributed by atoms with E-state index in [0.717, 1.165) is 38.4 Å². The van der Waals surface area contributed by atoms with Crippen molar-refractivity contribution >= 4 is 11.7 Å². The lowest BCUT2D eigenvalue weighted by atomic mass is 10.1. The Morgan fingerprint density at radius 2 is 2.16 bits per heavy atom. The Morgan fingerprint density at radius 3 is 2.96 bits per heavy atom. The number of anilines is 1. The number of carbonyl (C=O) groups is 1. The van der Waals surface area contributed by atoms with Crippen LogP contribution in [0.3, 0.4) is 0 Å². The number of nitrogens with one attached hydrogen (secondary N) is 1. The monoisotopic (exact) mass is 342 g/mol. The standard InChI is InChI=1S/C19H26N4O2/c1-2-10-23-18(8-9-20-23)21-19(24)13-17-15-22(11-12-25-17)14-16-6-4-3-5-7-16/h3-9,17H,2,10-15H2,1H3,(H,21,24)/t17-/m1/s1. The second-order valence-corrected chi connectivity index (χ2v) is 6.41. The molecular weight excluding hydrogens is 316 g/mol. The van der Waals surface area contributed by atoms with Crippen LogP contribution in [0.5, 0.6) is 0 Å². The number of hydrogen-bond donors (Lipinski definition) is 1. The molecule has 6 nitrogen and oxygen atoms in total. The van der Waals surface area contributed by atoms with E-state index in [0.29, 0.717) is 13.0 Å². The fourth-order valence-electron chi connectivity index (χ4n) is 3.12. The summed E-state index contributed by atoms with van der Waals surface area (Å²) >= 11 is 0. The van der Waals surface area contributed by atoms with Gasteiger partial charge in [-0.2, -0.15) is 5.10 Å². The summed E-state index contributed by atoms with van der Waals surface area (Å²) < 4.78 is 7.61. The predicted octanol–water partition coefficient (Wildman–Crippen LogP) is 2.52. The topological polar surface area (TPSA) is 59.4 Å². The van der Waals surface area contributed by atoms with Gasteiger partial charge in [0.05, 0.1) is 25.3 Å². The third kappa shape index (κ3) is 5.14. The average molecular weight is 342 g/mol. The van der Waals surface area contributed by atoms with Crippen LogP contribution in [0.15, 0.2) is 42.6 Å². The maximum absolute atomic E-state index is 12.3. The van der Waals surface area contributed by atoms with Crippen LogP contribution in [-0.2, 0) is 22.6 Å². The highest BCUT2D eigenvalue weighted by Crippen LogP contribution is 2.14. The van der Waals surface area contributed by atoms with Crippen LogP contribution in [0.25, 0.3) is 0 Å². The van der Waals surface area contributed by atoms with Gasteiger partial charge in [0.15, 0.2) is 0 Å². The number of hydrogen-bond acceptors (Lipinski definition) is 4. The molecule has 0 saturated carbocycles. The van der Waals surface area contributed by atoms with Gasteiger partial charge in [-0.1, -0.05) is 37.3 Å². The number of benzene rings is 1. The maximum atomic E-state index is 12.3. The smallest absolute Gasteiger partial charge is 0.228 e. The van der Waals surface area contributed by atoms with Crippen LogP contribution in [0.1, 0.15) is 25.3 Å². The van der Waals surface area contributed by atoms with E-state index in [9.17, 15) is 4.79 Å². The number of nitrogens with zero attached hydrogens (tertiary/aromatic N) is 3. The summed E-state index contributed by atoms with van der Waals surface area (Å²) in [6, 6.07) is 12.2. The van der Waals surface area contributed by atoms with Crippen molar-refractivity contribution in [2.24, 2.45) is 0 Å². The molecule has 1 fully saturated rings. The zero-order valence-electron chi connectivity index (χ0n) is 14.7. The molecule has 25 heavy (non-hydrogen) atoms. The van der Waals surface area contributed by atoms with Crippen LogP contribution in [0.4, 0.5) is 5.82 Å². The Balaban J connectivity index is 1.50. The van der Waals surface area contributed by atoms with E-state index in [4.69, 9.17) is 4.74 Å². The van der Waals surface area contributed by atoms with Crippen molar-refractivity contribution < 1.29 is 9.53 Å². The van der Waals surface area contributed by atoms with Gasteiger partial charge in [0, 0.05) is 32.2 Å². The second kappa shape index (κ2) is 8.78. The SMILES string of the molecule is CCCn1nccc1NC(=O)C[C@@H]1CN(Cc2ccccc2)CCO1. The molecule has 134 valence electrons. The summed E-state index contributed by atoms with van der Waals surface area (Å²) in [4.78, 5) is 14.7. The summed E-state index contributed by atoms with van der Waals surface area (Å²) in [5, 5.41) is 7.18. The van der Waals surface area contributed by atoms with Crippen LogP contribution in [0, 0.1) is 0 Å². The van der Waals surface area contributed by atoms with Crippen molar-refractivity contribution in [3.8, 4) is 0 Å². The zero-order chi connectivity index (χ0) is 17.5. The number of amides is 1. The molecule has 2 heterocycles. The molecule has 6 heteroatoms. The lowest BCUT2D eigenvalue weighted by molar-refractivity contribution is -0.121. The van der Waals surface area contributed by atoms with Gasteiger partial charge in [-0.15, -0.1) is 0 Å². The van der Waals surface area contributed by atoms with Crippen LogP contribution < -0.4 is 5.32 Å². The average Bonchev–Trinajstić information content (AvgIpc) is 3.03. The third-order valence-corrected chi connectivity index (χ3v) is 4.30. The maximum Gasteiger partial charge on any atom is 0.228 e. The molecule has 0 bridgehead atoms. The van der Waals surface area contributed by atoms with Crippen LogP contribution in [0.2, 0.25) is 0 Å². The molecule has 2 aromatic rings. The zero-order valence-corrected chi connectivity index (χ0v) is 14.7. The molecule has 1 aromatic heterocycles. The lowest BCUT2D eigenvalue weighted by Gasteiger charge is -2.32. The largest absolute Gasteiger partial charge is 0.375 e. The second-order valence-electron chi connectivity index (χ2n) is 6.41. The minimum Gasteiger partial charge on any atom is -0.375 e. The highest BCUT2D eigenvalue weighted by atomic mass is 16.5. The third-order valence-electron chi connectivity index (χ3n) is 4.30. The first-order valence-corrected chi connectivity index (χ1v) is 8.94. The van der Waals surface area contributed by atoms with Crippen molar-refractivity contribution in [2.45, 2.75) is 39.0 Å².